The van der Waals surface area contributed by atoms with Crippen molar-refractivity contribution in [1.29, 1.82) is 0 Å². The fraction of sp³-hybridized carbons (Fsp3) is 0. The lowest BCUT2D eigenvalue weighted by molar-refractivity contribution is 0.107. The molecule has 2 aliphatic rings. The maximum Gasteiger partial charge on any atom is 0.252 e. The van der Waals surface area contributed by atoms with Gasteiger partial charge in [-0.15, -0.1) is 0 Å². The lowest BCUT2D eigenvalue weighted by Gasteiger charge is -2.00. The van der Waals surface area contributed by atoms with Gasteiger partial charge in [-0.05, 0) is 119 Å². The molecule has 52 heavy (non-hydrogen) atoms. The van der Waals surface area contributed by atoms with Gasteiger partial charge in [0, 0.05) is 66.1 Å². The molecule has 16 heteroatoms. The number of rotatable bonds is 4. The van der Waals surface area contributed by atoms with Gasteiger partial charge in [-0.1, -0.05) is 0 Å². The monoisotopic (exact) mass is 762 g/mol. The van der Waals surface area contributed by atoms with Crippen LogP contribution in [0, 0.1) is 0 Å². The van der Waals surface area contributed by atoms with Crippen molar-refractivity contribution in [2.75, 3.05) is 0 Å². The summed E-state index contributed by atoms with van der Waals surface area (Å²) in [5.41, 5.74) is 4.10. The third-order valence-corrected chi connectivity index (χ3v) is 9.61. The molecule has 5 heterocycles. The summed E-state index contributed by atoms with van der Waals surface area (Å²) in [7, 11) is 0. The summed E-state index contributed by atoms with van der Waals surface area (Å²) in [5, 5.41) is -0.559. The van der Waals surface area contributed by atoms with Gasteiger partial charge >= 0.3 is 0 Å². The summed E-state index contributed by atoms with van der Waals surface area (Å²) in [6, 6.07) is 19.2. The molecule has 9 rings (SSSR count). The molecule has 250 valence electrons. The zero-order valence-corrected chi connectivity index (χ0v) is 28.8. The molecule has 2 N–H and O–H groups in total. The van der Waals surface area contributed by atoms with Gasteiger partial charge in [0.05, 0.1) is 0 Å². The topological polar surface area (TPSA) is 177 Å². The van der Waals surface area contributed by atoms with Gasteiger partial charge in [0.15, 0.2) is 23.3 Å². The smallest absolute Gasteiger partial charge is 0.252 e. The van der Waals surface area contributed by atoms with Crippen LogP contribution in [0.4, 0.5) is 0 Å². The number of H-pyrrole nitrogens is 2. The van der Waals surface area contributed by atoms with E-state index >= 15 is 0 Å². The first-order chi connectivity index (χ1) is 25.0. The number of carbonyl (C=O) groups excluding carboxylic acids is 4. The number of carbonyl (C=O) groups is 4. The van der Waals surface area contributed by atoms with Crippen molar-refractivity contribution < 1.29 is 19.2 Å². The van der Waals surface area contributed by atoms with E-state index in [1.807, 2.05) is 0 Å². The first kappa shape index (κ1) is 32.0. The first-order valence-corrected chi connectivity index (χ1v) is 16.7. The third kappa shape index (κ3) is 5.15. The van der Waals surface area contributed by atoms with Crippen LogP contribution in [0.15, 0.2) is 72.8 Å². The summed E-state index contributed by atoms with van der Waals surface area (Å²) < 4.78 is 0. The summed E-state index contributed by atoms with van der Waals surface area (Å²) in [6.45, 7) is 0. The Labute approximate surface area is 309 Å². The van der Waals surface area contributed by atoms with Crippen molar-refractivity contribution >= 4 is 112 Å². The Balaban J connectivity index is 1.48. The van der Waals surface area contributed by atoms with Gasteiger partial charge in [-0.2, -0.15) is 0 Å². The predicted molar refractivity (Wildman–Crippen MR) is 197 cm³/mol. The lowest BCUT2D eigenvalue weighted by atomic mass is 10.1. The number of fused-ring (bicyclic) bond motifs is 20. The van der Waals surface area contributed by atoms with Crippen molar-refractivity contribution in [3.8, 4) is 45.6 Å². The van der Waals surface area contributed by atoms with Crippen LogP contribution in [0.1, 0.15) is 41.4 Å². The highest BCUT2D eigenvalue weighted by atomic mass is 35.5. The number of halogens is 4. The maximum atomic E-state index is 12.2. The Morgan fingerprint density at radius 3 is 1.04 bits per heavy atom. The van der Waals surface area contributed by atoms with Crippen molar-refractivity contribution in [3.63, 3.8) is 0 Å². The van der Waals surface area contributed by atoms with E-state index in [4.69, 9.17) is 76.3 Å². The molecule has 8 bridgehead atoms. The minimum absolute atomic E-state index is 0.197. The molecule has 0 unspecified atom stereocenters. The van der Waals surface area contributed by atoms with Gasteiger partial charge in [0.2, 0.25) is 0 Å². The minimum Gasteiger partial charge on any atom is -0.324 e. The van der Waals surface area contributed by atoms with Crippen molar-refractivity contribution in [2.24, 2.45) is 0 Å². The average molecular weight is 764 g/mol. The Bertz CT molecular complexity index is 2810. The van der Waals surface area contributed by atoms with Crippen LogP contribution < -0.4 is 0 Å². The zero-order valence-electron chi connectivity index (χ0n) is 25.8. The number of hydrogen-bond donors (Lipinski definition) is 2. The molecule has 7 aromatic rings. The number of nitrogens with zero attached hydrogens (tertiary/aromatic N) is 6. The molecule has 4 aromatic carbocycles. The SMILES string of the molecule is O=C(Cl)c1ccc2c(c1)-c1nc-2nc2[nH]c(nc3nc(nc4[nH]c(n1)c1ccc(C(=O)Cl)cc41)-c1ccc(C(=O)Cl)cc1-3)c1ccc(C(=O)Cl)cc21. The van der Waals surface area contributed by atoms with E-state index in [2.05, 4.69) is 9.97 Å². The van der Waals surface area contributed by atoms with Gasteiger partial charge in [-0.25, -0.2) is 29.9 Å². The number of nitrogens with one attached hydrogen (secondary N) is 2. The van der Waals surface area contributed by atoms with Crippen LogP contribution >= 0.6 is 46.4 Å². The molecule has 0 saturated heterocycles. The largest absolute Gasteiger partial charge is 0.324 e. The molecule has 0 saturated carbocycles. The fourth-order valence-electron chi connectivity index (χ4n) is 6.28. The second-order valence-corrected chi connectivity index (χ2v) is 13.1. The highest BCUT2D eigenvalue weighted by Crippen LogP contribution is 2.38. The Morgan fingerprint density at radius 1 is 0.365 bits per heavy atom. The van der Waals surface area contributed by atoms with Crippen LogP contribution in [0.3, 0.4) is 0 Å². The molecule has 12 nitrogen and oxygen atoms in total. The van der Waals surface area contributed by atoms with Crippen molar-refractivity contribution in [3.05, 3.63) is 95.1 Å². The van der Waals surface area contributed by atoms with Gasteiger partial charge in [0.25, 0.3) is 21.0 Å². The first-order valence-electron chi connectivity index (χ1n) is 15.2. The molecule has 2 aliphatic heterocycles. The number of hydrogen-bond acceptors (Lipinski definition) is 10. The normalized spacial score (nSPS) is 11.8. The number of aromatic nitrogens is 8. The maximum absolute atomic E-state index is 12.2. The molecular weight excluding hydrogens is 750 g/mol. The third-order valence-electron chi connectivity index (χ3n) is 8.74. The van der Waals surface area contributed by atoms with E-state index in [0.29, 0.717) is 55.1 Å². The minimum atomic E-state index is -0.674. The Hall–Kier alpha value is -5.92. The fourth-order valence-corrected chi connectivity index (χ4v) is 6.75. The summed E-state index contributed by atoms with van der Waals surface area (Å²) in [6.07, 6.45) is 0. The second kappa shape index (κ2) is 11.8. The summed E-state index contributed by atoms with van der Waals surface area (Å²) in [4.78, 5) is 84.4. The molecule has 0 atom stereocenters. The van der Waals surface area contributed by atoms with E-state index in [1.54, 1.807) is 72.8 Å². The predicted octanol–water partition coefficient (Wildman–Crippen LogP) is 8.39. The van der Waals surface area contributed by atoms with E-state index in [1.165, 1.54) is 0 Å². The average Bonchev–Trinajstić information content (AvgIpc) is 3.85. The number of aromatic amines is 2. The van der Waals surface area contributed by atoms with Crippen molar-refractivity contribution in [2.45, 2.75) is 0 Å². The van der Waals surface area contributed by atoms with E-state index in [0.717, 1.165) is 0 Å². The van der Waals surface area contributed by atoms with Crippen LogP contribution in [-0.2, 0) is 0 Å². The molecule has 3 aromatic heterocycles. The van der Waals surface area contributed by atoms with Gasteiger partial charge < -0.3 is 9.97 Å². The van der Waals surface area contributed by atoms with Crippen LogP contribution in [0.2, 0.25) is 0 Å². The van der Waals surface area contributed by atoms with E-state index in [-0.39, 0.29) is 56.8 Å². The highest BCUT2D eigenvalue weighted by Gasteiger charge is 2.24. The van der Waals surface area contributed by atoms with Crippen molar-refractivity contribution in [1.82, 2.24) is 39.9 Å². The Kier molecular flexibility index (Phi) is 7.28. The van der Waals surface area contributed by atoms with E-state index < -0.39 is 21.0 Å². The quantitative estimate of drug-likeness (QED) is 0.166. The molecule has 0 fully saturated rings. The summed E-state index contributed by atoms with van der Waals surface area (Å²) in [5.74, 6) is 0.851. The van der Waals surface area contributed by atoms with Gasteiger partial charge in [-0.3, -0.25) is 19.2 Å². The summed E-state index contributed by atoms with van der Waals surface area (Å²) >= 11 is 23.5. The number of benzene rings is 4. The van der Waals surface area contributed by atoms with Crippen LogP contribution in [-0.4, -0.2) is 60.8 Å². The van der Waals surface area contributed by atoms with Crippen LogP contribution in [0.25, 0.3) is 89.7 Å². The molecular formula is C36H14Cl4N8O4. The standard InChI is InChI=1S/C36H14Cl4N8O4/c37-25(49)13-1-5-17-21(9-13)33-41-29(17)45-34-22-10-14(26(38)50)2-6-18(22)31(42-34)47-36-24-12-16(28(40)52)4-8-20(24)32(44-36)48-35-23-11-15(27(39)51)3-7-19(23)30(43-35)46-33/h1-12H,(H2,41,42,43,44,45,46,47,48). The molecule has 0 aliphatic carbocycles. The second-order valence-electron chi connectivity index (χ2n) is 11.7. The highest BCUT2D eigenvalue weighted by molar-refractivity contribution is 6.69. The van der Waals surface area contributed by atoms with Crippen LogP contribution in [0.5, 0.6) is 0 Å². The molecule has 0 spiro atoms. The zero-order chi connectivity index (χ0) is 36.0. The molecule has 0 amide bonds. The van der Waals surface area contributed by atoms with Gasteiger partial charge in [0.1, 0.15) is 22.6 Å². The lowest BCUT2D eigenvalue weighted by Crippen LogP contribution is -1.91. The Morgan fingerprint density at radius 2 is 0.673 bits per heavy atom. The van der Waals surface area contributed by atoms with E-state index in [9.17, 15) is 19.2 Å². The molecule has 0 radical (unpaired) electrons.